The second-order valence-corrected chi connectivity index (χ2v) is 5.82. The van der Waals surface area contributed by atoms with Crippen LogP contribution in [-0.4, -0.2) is 26.2 Å². The molecular formula is C20H23N3O2. The highest BCUT2D eigenvalue weighted by Gasteiger charge is 2.09. The van der Waals surface area contributed by atoms with Gasteiger partial charge in [0.1, 0.15) is 0 Å². The van der Waals surface area contributed by atoms with Gasteiger partial charge in [-0.25, -0.2) is 0 Å². The van der Waals surface area contributed by atoms with E-state index in [-0.39, 0.29) is 5.97 Å². The molecule has 25 heavy (non-hydrogen) atoms. The summed E-state index contributed by atoms with van der Waals surface area (Å²) >= 11 is 0. The molecule has 0 unspecified atom stereocenters. The molecule has 0 saturated carbocycles. The summed E-state index contributed by atoms with van der Waals surface area (Å²) < 4.78 is 4.70. The highest BCUT2D eigenvalue weighted by Crippen LogP contribution is 2.18. The zero-order chi connectivity index (χ0) is 18.1. The first-order valence-electron chi connectivity index (χ1n) is 8.28. The molecule has 0 saturated heterocycles. The van der Waals surface area contributed by atoms with Gasteiger partial charge >= 0.3 is 5.97 Å². The molecule has 0 heterocycles. The maximum Gasteiger partial charge on any atom is 0.305 e. The number of rotatable bonds is 8. The van der Waals surface area contributed by atoms with E-state index in [4.69, 9.17) is 15.7 Å². The Balaban J connectivity index is 2.06. The number of nitrogen functional groups attached to an aromatic ring is 1. The second-order valence-electron chi connectivity index (χ2n) is 5.82. The summed E-state index contributed by atoms with van der Waals surface area (Å²) in [5.74, 6) is -0.204. The van der Waals surface area contributed by atoms with E-state index < -0.39 is 0 Å². The lowest BCUT2D eigenvalue weighted by atomic mass is 10.1. The number of nitrogens with two attached hydrogens (primary N) is 1. The minimum absolute atomic E-state index is 0.204. The van der Waals surface area contributed by atoms with Gasteiger partial charge in [-0.1, -0.05) is 18.2 Å². The quantitative estimate of drug-likeness (QED) is 0.591. The first-order chi connectivity index (χ1) is 12.1. The van der Waals surface area contributed by atoms with Gasteiger partial charge < -0.3 is 15.4 Å². The molecule has 2 rings (SSSR count). The van der Waals surface area contributed by atoms with E-state index in [0.717, 1.165) is 30.9 Å². The smallest absolute Gasteiger partial charge is 0.305 e. The molecule has 0 fully saturated rings. The highest BCUT2D eigenvalue weighted by molar-refractivity contribution is 5.69. The fraction of sp³-hybridized carbons (Fsp3) is 0.300. The van der Waals surface area contributed by atoms with Gasteiger partial charge in [0, 0.05) is 30.9 Å². The van der Waals surface area contributed by atoms with Crippen molar-refractivity contribution in [2.75, 3.05) is 30.8 Å². The minimum atomic E-state index is -0.204. The van der Waals surface area contributed by atoms with Crippen LogP contribution in [0.15, 0.2) is 48.5 Å². The molecule has 130 valence electrons. The van der Waals surface area contributed by atoms with Crippen molar-refractivity contribution in [3.05, 3.63) is 59.7 Å². The second kappa shape index (κ2) is 9.33. The van der Waals surface area contributed by atoms with Crippen LogP contribution in [0.2, 0.25) is 0 Å². The van der Waals surface area contributed by atoms with Crippen molar-refractivity contribution in [1.29, 1.82) is 5.26 Å². The van der Waals surface area contributed by atoms with Crippen molar-refractivity contribution in [2.45, 2.75) is 19.3 Å². The molecule has 2 aromatic rings. The van der Waals surface area contributed by atoms with E-state index in [1.807, 2.05) is 42.5 Å². The molecule has 2 N–H and O–H groups in total. The third-order valence-corrected chi connectivity index (χ3v) is 4.03. The predicted octanol–water partition coefficient (Wildman–Crippen LogP) is 3.14. The van der Waals surface area contributed by atoms with Crippen molar-refractivity contribution in [2.24, 2.45) is 0 Å². The van der Waals surface area contributed by atoms with Crippen molar-refractivity contribution in [1.82, 2.24) is 0 Å². The van der Waals surface area contributed by atoms with Crippen LogP contribution in [0.1, 0.15) is 24.0 Å². The summed E-state index contributed by atoms with van der Waals surface area (Å²) in [4.78, 5) is 13.5. The Morgan fingerprint density at radius 3 is 2.64 bits per heavy atom. The molecule has 0 aliphatic heterocycles. The largest absolute Gasteiger partial charge is 0.469 e. The highest BCUT2D eigenvalue weighted by atomic mass is 16.5. The van der Waals surface area contributed by atoms with Crippen LogP contribution in [0.4, 0.5) is 11.4 Å². The van der Waals surface area contributed by atoms with Crippen molar-refractivity contribution in [3.63, 3.8) is 0 Å². The average Bonchev–Trinajstić information content (AvgIpc) is 2.65. The molecule has 0 aliphatic carbocycles. The van der Waals surface area contributed by atoms with Gasteiger partial charge in [-0.3, -0.25) is 4.79 Å². The van der Waals surface area contributed by atoms with Gasteiger partial charge in [0.15, 0.2) is 0 Å². The molecule has 0 amide bonds. The van der Waals surface area contributed by atoms with Gasteiger partial charge in [-0.15, -0.1) is 0 Å². The fourth-order valence-electron chi connectivity index (χ4n) is 2.61. The Bertz CT molecular complexity index is 735. The number of ether oxygens (including phenoxy) is 1. The number of anilines is 2. The number of carbonyl (C=O) groups is 1. The number of methoxy groups -OCH3 is 1. The van der Waals surface area contributed by atoms with Crippen LogP contribution in [0.3, 0.4) is 0 Å². The van der Waals surface area contributed by atoms with Crippen LogP contribution in [0.5, 0.6) is 0 Å². The summed E-state index contributed by atoms with van der Waals surface area (Å²) in [7, 11) is 1.40. The van der Waals surface area contributed by atoms with E-state index in [2.05, 4.69) is 11.0 Å². The first kappa shape index (κ1) is 18.3. The summed E-state index contributed by atoms with van der Waals surface area (Å²) in [6.07, 6.45) is 1.94. The monoisotopic (exact) mass is 337 g/mol. The molecule has 0 aliphatic rings. The van der Waals surface area contributed by atoms with Crippen LogP contribution in [-0.2, 0) is 16.0 Å². The average molecular weight is 337 g/mol. The Morgan fingerprint density at radius 2 is 1.96 bits per heavy atom. The maximum atomic E-state index is 11.3. The maximum absolute atomic E-state index is 11.3. The predicted molar refractivity (Wildman–Crippen MR) is 99.2 cm³/mol. The number of nitriles is 1. The van der Waals surface area contributed by atoms with Crippen molar-refractivity contribution >= 4 is 17.3 Å². The molecule has 0 radical (unpaired) electrons. The Kier molecular flexibility index (Phi) is 6.85. The zero-order valence-corrected chi connectivity index (χ0v) is 14.4. The number of benzene rings is 2. The first-order valence-corrected chi connectivity index (χ1v) is 8.28. The van der Waals surface area contributed by atoms with Crippen molar-refractivity contribution in [3.8, 4) is 6.07 Å². The zero-order valence-electron chi connectivity index (χ0n) is 14.4. The van der Waals surface area contributed by atoms with E-state index in [9.17, 15) is 4.79 Å². The van der Waals surface area contributed by atoms with Gasteiger partial charge in [-0.2, -0.15) is 5.26 Å². The SMILES string of the molecule is COC(=O)CCCN(CCc1ccc(N)cc1)c1cccc(C#N)c1. The topological polar surface area (TPSA) is 79.3 Å². The summed E-state index contributed by atoms with van der Waals surface area (Å²) in [5, 5.41) is 9.12. The molecule has 5 nitrogen and oxygen atoms in total. The van der Waals surface area contributed by atoms with Gasteiger partial charge in [0.2, 0.25) is 0 Å². The number of esters is 1. The van der Waals surface area contributed by atoms with E-state index in [1.165, 1.54) is 12.7 Å². The standard InChI is InChI=1S/C20H23N3O2/c1-25-20(24)6-3-12-23(19-5-2-4-17(14-19)15-21)13-11-16-7-9-18(22)10-8-16/h2,4-5,7-10,14H,3,6,11-13,22H2,1H3. The lowest BCUT2D eigenvalue weighted by Crippen LogP contribution is -2.27. The normalized spacial score (nSPS) is 10.1. The third kappa shape index (κ3) is 5.85. The molecule has 0 atom stereocenters. The fourth-order valence-corrected chi connectivity index (χ4v) is 2.61. The molecule has 2 aromatic carbocycles. The molecule has 0 aromatic heterocycles. The van der Waals surface area contributed by atoms with E-state index in [1.54, 1.807) is 6.07 Å². The summed E-state index contributed by atoms with van der Waals surface area (Å²) in [6.45, 7) is 1.51. The van der Waals surface area contributed by atoms with Crippen LogP contribution < -0.4 is 10.6 Å². The number of nitrogens with zero attached hydrogens (tertiary/aromatic N) is 2. The van der Waals surface area contributed by atoms with Gasteiger partial charge in [0.25, 0.3) is 0 Å². The van der Waals surface area contributed by atoms with Gasteiger partial charge in [0.05, 0.1) is 18.7 Å². The Hall–Kier alpha value is -3.00. The lowest BCUT2D eigenvalue weighted by molar-refractivity contribution is -0.140. The van der Waals surface area contributed by atoms with Crippen LogP contribution in [0, 0.1) is 11.3 Å². The molecule has 0 spiro atoms. The molecule has 5 heteroatoms. The molecule has 0 bridgehead atoms. The van der Waals surface area contributed by atoms with Crippen molar-refractivity contribution < 1.29 is 9.53 Å². The number of hydrogen-bond donors (Lipinski definition) is 1. The van der Waals surface area contributed by atoms with E-state index >= 15 is 0 Å². The third-order valence-electron chi connectivity index (χ3n) is 4.03. The lowest BCUT2D eigenvalue weighted by Gasteiger charge is -2.25. The number of carbonyl (C=O) groups excluding carboxylic acids is 1. The van der Waals surface area contributed by atoms with Crippen LogP contribution >= 0.6 is 0 Å². The summed E-state index contributed by atoms with van der Waals surface area (Å²) in [6, 6.07) is 17.5. The minimum Gasteiger partial charge on any atom is -0.469 e. The Morgan fingerprint density at radius 1 is 1.20 bits per heavy atom. The van der Waals surface area contributed by atoms with E-state index in [0.29, 0.717) is 18.4 Å². The van der Waals surface area contributed by atoms with Crippen LogP contribution in [0.25, 0.3) is 0 Å². The molecular weight excluding hydrogens is 314 g/mol. The summed E-state index contributed by atoms with van der Waals surface area (Å²) in [5.41, 5.74) is 9.29. The van der Waals surface area contributed by atoms with Gasteiger partial charge in [-0.05, 0) is 48.7 Å². The number of hydrogen-bond acceptors (Lipinski definition) is 5. The Labute approximate surface area is 148 Å².